The SMILES string of the molecule is O=C(CO)N1CCN(Cc2ccc3c(c2)cc(-c2cc4ccccc4[nH]c2=O)n3C(=O)O)CC1. The predicted octanol–water partition coefficient (Wildman–Crippen LogP) is 2.31. The molecule has 0 aliphatic carbocycles. The van der Waals surface area contributed by atoms with Crippen molar-refractivity contribution in [1.29, 1.82) is 0 Å². The zero-order valence-corrected chi connectivity index (χ0v) is 18.4. The molecule has 2 aromatic carbocycles. The molecule has 0 unspecified atom stereocenters. The van der Waals surface area contributed by atoms with Crippen molar-refractivity contribution in [2.24, 2.45) is 0 Å². The lowest BCUT2D eigenvalue weighted by Crippen LogP contribution is -2.49. The fourth-order valence-electron chi connectivity index (χ4n) is 4.62. The zero-order valence-electron chi connectivity index (χ0n) is 18.4. The van der Waals surface area contributed by atoms with Crippen molar-refractivity contribution in [2.45, 2.75) is 6.54 Å². The second-order valence-corrected chi connectivity index (χ2v) is 8.46. The van der Waals surface area contributed by atoms with E-state index in [0.717, 1.165) is 20.9 Å². The number of hydrogen-bond donors (Lipinski definition) is 3. The number of piperazine rings is 1. The van der Waals surface area contributed by atoms with Crippen LogP contribution in [0.2, 0.25) is 0 Å². The Kier molecular flexibility index (Phi) is 5.64. The number of aliphatic hydroxyl groups is 1. The van der Waals surface area contributed by atoms with Crippen LogP contribution in [0.1, 0.15) is 5.56 Å². The molecular formula is C25H24N4O5. The second-order valence-electron chi connectivity index (χ2n) is 8.46. The predicted molar refractivity (Wildman–Crippen MR) is 128 cm³/mol. The van der Waals surface area contributed by atoms with Gasteiger partial charge in [-0.1, -0.05) is 24.3 Å². The number of H-pyrrole nitrogens is 1. The first-order valence-electron chi connectivity index (χ1n) is 11.1. The van der Waals surface area contributed by atoms with Gasteiger partial charge in [-0.25, -0.2) is 9.36 Å². The van der Waals surface area contributed by atoms with Crippen LogP contribution in [0.4, 0.5) is 4.79 Å². The summed E-state index contributed by atoms with van der Waals surface area (Å²) in [5.74, 6) is -0.257. The first kappa shape index (κ1) is 21.9. The topological polar surface area (TPSA) is 119 Å². The van der Waals surface area contributed by atoms with E-state index in [1.165, 1.54) is 0 Å². The zero-order chi connectivity index (χ0) is 23.8. The summed E-state index contributed by atoms with van der Waals surface area (Å²) < 4.78 is 1.15. The minimum atomic E-state index is -1.16. The van der Waals surface area contributed by atoms with E-state index in [9.17, 15) is 19.5 Å². The van der Waals surface area contributed by atoms with E-state index in [-0.39, 0.29) is 11.5 Å². The third-order valence-electron chi connectivity index (χ3n) is 6.35. The Labute approximate surface area is 194 Å². The number of hydrogen-bond acceptors (Lipinski definition) is 5. The summed E-state index contributed by atoms with van der Waals surface area (Å²) in [6.07, 6.45) is -1.16. The van der Waals surface area contributed by atoms with Gasteiger partial charge in [0.15, 0.2) is 0 Å². The molecule has 0 saturated carbocycles. The molecule has 3 heterocycles. The standard InChI is InChI=1S/C25H24N4O5/c30-15-23(31)28-9-7-27(8-10-28)14-16-5-6-21-18(11-16)13-22(29(21)25(33)34)19-12-17-3-1-2-4-20(17)26-24(19)32/h1-6,11-13,30H,7-10,14-15H2,(H,26,32)(H,33,34). The van der Waals surface area contributed by atoms with Crippen molar-refractivity contribution >= 4 is 33.8 Å². The maximum atomic E-state index is 12.8. The summed E-state index contributed by atoms with van der Waals surface area (Å²) in [4.78, 5) is 43.3. The van der Waals surface area contributed by atoms with Gasteiger partial charge in [-0.2, -0.15) is 0 Å². The van der Waals surface area contributed by atoms with Gasteiger partial charge in [-0.15, -0.1) is 0 Å². The molecule has 0 bridgehead atoms. The molecule has 4 aromatic rings. The molecule has 9 nitrogen and oxygen atoms in total. The van der Waals surface area contributed by atoms with Crippen LogP contribution in [0.3, 0.4) is 0 Å². The van der Waals surface area contributed by atoms with Gasteiger partial charge >= 0.3 is 6.09 Å². The van der Waals surface area contributed by atoms with Crippen molar-refractivity contribution in [2.75, 3.05) is 32.8 Å². The number of fused-ring (bicyclic) bond motifs is 2. The van der Waals surface area contributed by atoms with Crippen molar-refractivity contribution in [3.8, 4) is 11.3 Å². The highest BCUT2D eigenvalue weighted by molar-refractivity contribution is 5.97. The van der Waals surface area contributed by atoms with Gasteiger partial charge < -0.3 is 20.1 Å². The molecule has 174 valence electrons. The van der Waals surface area contributed by atoms with Gasteiger partial charge in [0.1, 0.15) is 6.61 Å². The van der Waals surface area contributed by atoms with Crippen molar-refractivity contribution in [3.63, 3.8) is 0 Å². The average Bonchev–Trinajstić information content (AvgIpc) is 3.22. The van der Waals surface area contributed by atoms with Crippen molar-refractivity contribution in [1.82, 2.24) is 19.4 Å². The Bertz CT molecular complexity index is 1460. The van der Waals surface area contributed by atoms with E-state index in [0.29, 0.717) is 55.0 Å². The maximum Gasteiger partial charge on any atom is 0.416 e. The smallest absolute Gasteiger partial charge is 0.416 e. The van der Waals surface area contributed by atoms with Crippen LogP contribution >= 0.6 is 0 Å². The van der Waals surface area contributed by atoms with Gasteiger partial charge in [0.2, 0.25) is 5.91 Å². The van der Waals surface area contributed by atoms with Crippen LogP contribution in [0.15, 0.2) is 59.4 Å². The minimum Gasteiger partial charge on any atom is -0.464 e. The molecule has 9 heteroatoms. The fraction of sp³-hybridized carbons (Fsp3) is 0.240. The van der Waals surface area contributed by atoms with Crippen molar-refractivity contribution in [3.05, 3.63) is 70.5 Å². The number of carbonyl (C=O) groups is 2. The number of nitrogens with one attached hydrogen (secondary N) is 1. The molecule has 1 saturated heterocycles. The molecule has 0 radical (unpaired) electrons. The molecule has 3 N–H and O–H groups in total. The van der Waals surface area contributed by atoms with Gasteiger partial charge in [0.25, 0.3) is 5.56 Å². The Hall–Kier alpha value is -3.95. The molecule has 1 amide bonds. The normalized spacial score (nSPS) is 14.7. The molecule has 0 spiro atoms. The highest BCUT2D eigenvalue weighted by Gasteiger charge is 2.22. The first-order valence-corrected chi connectivity index (χ1v) is 11.1. The van der Waals surface area contributed by atoms with E-state index in [2.05, 4.69) is 9.88 Å². The van der Waals surface area contributed by atoms with E-state index in [1.807, 2.05) is 30.3 Å². The summed E-state index contributed by atoms with van der Waals surface area (Å²) in [7, 11) is 0. The average molecular weight is 460 g/mol. The van der Waals surface area contributed by atoms with Gasteiger partial charge in [0, 0.05) is 43.6 Å². The lowest BCUT2D eigenvalue weighted by atomic mass is 10.1. The number of aromatic nitrogens is 2. The second kappa shape index (κ2) is 8.77. The Balaban J connectivity index is 1.48. The number of rotatable bonds is 4. The number of carboxylic acid groups (broad SMARTS) is 1. The molecule has 1 aliphatic rings. The monoisotopic (exact) mass is 460 g/mol. The number of amides is 1. The van der Waals surface area contributed by atoms with Crippen LogP contribution < -0.4 is 5.56 Å². The van der Waals surface area contributed by atoms with Crippen molar-refractivity contribution < 1.29 is 19.8 Å². The molecule has 2 aromatic heterocycles. The van der Waals surface area contributed by atoms with E-state index in [4.69, 9.17) is 5.11 Å². The lowest BCUT2D eigenvalue weighted by Gasteiger charge is -2.34. The van der Waals surface area contributed by atoms with E-state index in [1.54, 1.807) is 29.2 Å². The first-order chi connectivity index (χ1) is 16.4. The molecule has 34 heavy (non-hydrogen) atoms. The summed E-state index contributed by atoms with van der Waals surface area (Å²) in [6.45, 7) is 2.69. The summed E-state index contributed by atoms with van der Waals surface area (Å²) >= 11 is 0. The van der Waals surface area contributed by atoms with Gasteiger partial charge in [0.05, 0.1) is 16.8 Å². The van der Waals surface area contributed by atoms with Crippen LogP contribution in [0.25, 0.3) is 33.1 Å². The Morgan fingerprint density at radius 2 is 1.71 bits per heavy atom. The third-order valence-corrected chi connectivity index (χ3v) is 6.35. The molecule has 0 atom stereocenters. The highest BCUT2D eigenvalue weighted by atomic mass is 16.4. The Morgan fingerprint density at radius 3 is 2.44 bits per heavy atom. The van der Waals surface area contributed by atoms with Gasteiger partial charge in [-0.05, 0) is 41.3 Å². The number of carbonyl (C=O) groups excluding carboxylic acids is 1. The maximum absolute atomic E-state index is 12.8. The largest absolute Gasteiger partial charge is 0.464 e. The fourth-order valence-corrected chi connectivity index (χ4v) is 4.62. The van der Waals surface area contributed by atoms with E-state index < -0.39 is 12.7 Å². The molecule has 1 aliphatic heterocycles. The molecule has 1 fully saturated rings. The third kappa shape index (κ3) is 3.95. The highest BCUT2D eigenvalue weighted by Crippen LogP contribution is 2.29. The number of aliphatic hydroxyl groups excluding tert-OH is 1. The number of para-hydroxylation sites is 1. The summed E-state index contributed by atoms with van der Waals surface area (Å²) in [5.41, 5.74) is 2.48. The summed E-state index contributed by atoms with van der Waals surface area (Å²) in [6, 6.07) is 16.4. The summed E-state index contributed by atoms with van der Waals surface area (Å²) in [5, 5.41) is 20.5. The molecule has 5 rings (SSSR count). The number of benzene rings is 2. The van der Waals surface area contributed by atoms with E-state index >= 15 is 0 Å². The number of aromatic amines is 1. The Morgan fingerprint density at radius 1 is 0.941 bits per heavy atom. The number of pyridine rings is 1. The quantitative estimate of drug-likeness (QED) is 0.430. The number of nitrogens with zero attached hydrogens (tertiary/aromatic N) is 3. The van der Waals surface area contributed by atoms with Crippen LogP contribution in [-0.2, 0) is 11.3 Å². The van der Waals surface area contributed by atoms with Gasteiger partial charge in [-0.3, -0.25) is 14.5 Å². The minimum absolute atomic E-state index is 0.257. The molecular weight excluding hydrogens is 436 g/mol. The lowest BCUT2D eigenvalue weighted by molar-refractivity contribution is -0.135. The van der Waals surface area contributed by atoms with Crippen LogP contribution in [-0.4, -0.2) is 74.4 Å². The van der Waals surface area contributed by atoms with Crippen LogP contribution in [0.5, 0.6) is 0 Å². The van der Waals surface area contributed by atoms with Crippen LogP contribution in [0, 0.1) is 0 Å².